The maximum absolute atomic E-state index is 12.1. The first-order valence-electron chi connectivity index (χ1n) is 6.98. The Morgan fingerprint density at radius 1 is 1.00 bits per heavy atom. The lowest BCUT2D eigenvalue weighted by atomic mass is 10.0. The van der Waals surface area contributed by atoms with Gasteiger partial charge in [-0.15, -0.1) is 0 Å². The van der Waals surface area contributed by atoms with E-state index in [0.29, 0.717) is 0 Å². The minimum absolute atomic E-state index is 0.0524. The van der Waals surface area contributed by atoms with Crippen molar-refractivity contribution < 1.29 is 19.1 Å². The quantitative estimate of drug-likeness (QED) is 0.788. The average molecular weight is 287 g/mol. The van der Waals surface area contributed by atoms with Gasteiger partial charge in [0, 0.05) is 0 Å². The maximum Gasteiger partial charge on any atom is 0.329 e. The highest BCUT2D eigenvalue weighted by Gasteiger charge is 2.29. The monoisotopic (exact) mass is 287 g/mol. The van der Waals surface area contributed by atoms with Gasteiger partial charge in [-0.05, 0) is 47.5 Å². The van der Waals surface area contributed by atoms with Gasteiger partial charge in [0.25, 0.3) is 0 Å². The van der Waals surface area contributed by atoms with Crippen LogP contribution in [0.3, 0.4) is 0 Å². The molecule has 0 radical (unpaired) electrons. The van der Waals surface area contributed by atoms with Crippen molar-refractivity contribution in [2.75, 3.05) is 6.61 Å². The first kappa shape index (κ1) is 18.9. The fraction of sp³-hybridized carbons (Fsp3) is 0.867. The van der Waals surface area contributed by atoms with Gasteiger partial charge in [-0.2, -0.15) is 0 Å². The summed E-state index contributed by atoms with van der Waals surface area (Å²) in [5, 5.41) is 2.67. The Bertz CT molecular complexity index is 337. The van der Waals surface area contributed by atoms with E-state index in [9.17, 15) is 9.59 Å². The number of ether oxygens (including phenoxy) is 2. The lowest BCUT2D eigenvalue weighted by Gasteiger charge is -2.27. The normalized spacial score (nSPS) is 14.1. The molecule has 0 aromatic rings. The molecule has 5 nitrogen and oxygen atoms in total. The summed E-state index contributed by atoms with van der Waals surface area (Å²) >= 11 is 0. The Kier molecular flexibility index (Phi) is 6.68. The predicted octanol–water partition coefficient (Wildman–Crippen LogP) is 2.28. The number of hydrogen-bond acceptors (Lipinski definition) is 4. The SMILES string of the molecule is CC(C)[C@@H](NC(=O)COC(C)(C)C)C(=O)OC(C)(C)C. The molecule has 118 valence electrons. The van der Waals surface area contributed by atoms with Crippen molar-refractivity contribution in [2.24, 2.45) is 5.92 Å². The van der Waals surface area contributed by atoms with E-state index in [1.807, 2.05) is 34.6 Å². The molecule has 0 fully saturated rings. The molecule has 0 rings (SSSR count). The molecule has 1 N–H and O–H groups in total. The van der Waals surface area contributed by atoms with Gasteiger partial charge in [-0.25, -0.2) is 4.79 Å². The van der Waals surface area contributed by atoms with Crippen molar-refractivity contribution in [1.82, 2.24) is 5.32 Å². The van der Waals surface area contributed by atoms with E-state index in [-0.39, 0.29) is 18.4 Å². The summed E-state index contributed by atoms with van der Waals surface area (Å²) in [5.74, 6) is -0.787. The average Bonchev–Trinajstić information content (AvgIpc) is 2.18. The van der Waals surface area contributed by atoms with Crippen LogP contribution in [0.1, 0.15) is 55.4 Å². The van der Waals surface area contributed by atoms with Gasteiger partial charge in [-0.1, -0.05) is 13.8 Å². The molecule has 5 heteroatoms. The van der Waals surface area contributed by atoms with Crippen LogP contribution in [0.4, 0.5) is 0 Å². The highest BCUT2D eigenvalue weighted by atomic mass is 16.6. The number of nitrogens with one attached hydrogen (secondary N) is 1. The number of amides is 1. The summed E-state index contributed by atoms with van der Waals surface area (Å²) in [6.07, 6.45) is 0. The first-order chi connectivity index (χ1) is 8.82. The summed E-state index contributed by atoms with van der Waals surface area (Å²) in [6.45, 7) is 14.6. The predicted molar refractivity (Wildman–Crippen MR) is 78.3 cm³/mol. The Morgan fingerprint density at radius 3 is 1.85 bits per heavy atom. The van der Waals surface area contributed by atoms with Crippen LogP contribution in [0.5, 0.6) is 0 Å². The van der Waals surface area contributed by atoms with Gasteiger partial charge >= 0.3 is 5.97 Å². The van der Waals surface area contributed by atoms with Crippen LogP contribution in [-0.4, -0.2) is 35.7 Å². The Morgan fingerprint density at radius 2 is 1.50 bits per heavy atom. The molecular formula is C15H29NO4. The Labute approximate surface area is 122 Å². The fourth-order valence-electron chi connectivity index (χ4n) is 1.36. The molecular weight excluding hydrogens is 258 g/mol. The molecule has 1 atom stereocenters. The van der Waals surface area contributed by atoms with Crippen LogP contribution in [-0.2, 0) is 19.1 Å². The summed E-state index contributed by atoms with van der Waals surface area (Å²) in [6, 6.07) is -0.662. The zero-order valence-electron chi connectivity index (χ0n) is 14.0. The number of carbonyl (C=O) groups excluding carboxylic acids is 2. The Hall–Kier alpha value is -1.10. The molecule has 0 spiro atoms. The second-order valence-electron chi connectivity index (χ2n) is 7.22. The molecule has 0 saturated heterocycles. The third-order valence-electron chi connectivity index (χ3n) is 2.28. The molecule has 0 unspecified atom stereocenters. The molecule has 0 saturated carbocycles. The second-order valence-corrected chi connectivity index (χ2v) is 7.22. The summed E-state index contributed by atoms with van der Waals surface area (Å²) in [7, 11) is 0. The van der Waals surface area contributed by atoms with Crippen molar-refractivity contribution in [1.29, 1.82) is 0 Å². The molecule has 0 aliphatic carbocycles. The topological polar surface area (TPSA) is 64.6 Å². The number of carbonyl (C=O) groups is 2. The van der Waals surface area contributed by atoms with Crippen molar-refractivity contribution in [3.63, 3.8) is 0 Å². The molecule has 0 aromatic heterocycles. The van der Waals surface area contributed by atoms with Gasteiger partial charge < -0.3 is 14.8 Å². The molecule has 1 amide bonds. The van der Waals surface area contributed by atoms with Gasteiger partial charge in [0.05, 0.1) is 5.60 Å². The molecule has 0 aliphatic heterocycles. The van der Waals surface area contributed by atoms with Crippen LogP contribution in [0, 0.1) is 5.92 Å². The highest BCUT2D eigenvalue weighted by molar-refractivity contribution is 5.85. The van der Waals surface area contributed by atoms with Crippen molar-refractivity contribution in [3.05, 3.63) is 0 Å². The number of rotatable bonds is 5. The van der Waals surface area contributed by atoms with Crippen LogP contribution >= 0.6 is 0 Å². The summed E-state index contributed by atoms with van der Waals surface area (Å²) in [4.78, 5) is 23.9. The standard InChI is InChI=1S/C15H29NO4/c1-10(2)12(13(18)20-15(6,7)8)16-11(17)9-19-14(3,4)5/h10,12H,9H2,1-8H3,(H,16,17)/t12-/m1/s1. The zero-order valence-corrected chi connectivity index (χ0v) is 14.0. The van der Waals surface area contributed by atoms with Crippen molar-refractivity contribution in [2.45, 2.75) is 72.6 Å². The van der Waals surface area contributed by atoms with Crippen LogP contribution < -0.4 is 5.32 Å². The summed E-state index contributed by atoms with van der Waals surface area (Å²) in [5.41, 5.74) is -0.965. The highest BCUT2D eigenvalue weighted by Crippen LogP contribution is 2.12. The van der Waals surface area contributed by atoms with E-state index < -0.39 is 23.2 Å². The molecule has 0 aromatic carbocycles. The molecule has 0 aliphatic rings. The van der Waals surface area contributed by atoms with E-state index in [2.05, 4.69) is 5.32 Å². The van der Waals surface area contributed by atoms with E-state index in [1.165, 1.54) is 0 Å². The fourth-order valence-corrected chi connectivity index (χ4v) is 1.36. The van der Waals surface area contributed by atoms with Gasteiger partial charge in [0.2, 0.25) is 5.91 Å². The van der Waals surface area contributed by atoms with Gasteiger partial charge in [0.1, 0.15) is 18.2 Å². The molecule has 0 bridgehead atoms. The van der Waals surface area contributed by atoms with Crippen LogP contribution in [0.25, 0.3) is 0 Å². The van der Waals surface area contributed by atoms with Crippen LogP contribution in [0.2, 0.25) is 0 Å². The zero-order chi connectivity index (χ0) is 16.1. The second kappa shape index (κ2) is 7.07. The van der Waals surface area contributed by atoms with Crippen molar-refractivity contribution in [3.8, 4) is 0 Å². The minimum Gasteiger partial charge on any atom is -0.458 e. The first-order valence-corrected chi connectivity index (χ1v) is 6.98. The molecule has 0 heterocycles. The maximum atomic E-state index is 12.1. The minimum atomic E-state index is -0.662. The van der Waals surface area contributed by atoms with E-state index in [4.69, 9.17) is 9.47 Å². The van der Waals surface area contributed by atoms with Crippen LogP contribution in [0.15, 0.2) is 0 Å². The lowest BCUT2D eigenvalue weighted by molar-refractivity contribution is -0.160. The largest absolute Gasteiger partial charge is 0.458 e. The third-order valence-corrected chi connectivity index (χ3v) is 2.28. The summed E-state index contributed by atoms with van der Waals surface area (Å²) < 4.78 is 10.7. The number of hydrogen-bond donors (Lipinski definition) is 1. The third kappa shape index (κ3) is 8.91. The van der Waals surface area contributed by atoms with E-state index in [1.54, 1.807) is 20.8 Å². The van der Waals surface area contributed by atoms with E-state index >= 15 is 0 Å². The van der Waals surface area contributed by atoms with Gasteiger partial charge in [-0.3, -0.25) is 4.79 Å². The Balaban J connectivity index is 4.56. The van der Waals surface area contributed by atoms with Gasteiger partial charge in [0.15, 0.2) is 0 Å². The smallest absolute Gasteiger partial charge is 0.329 e. The number of esters is 1. The van der Waals surface area contributed by atoms with E-state index in [0.717, 1.165) is 0 Å². The molecule has 20 heavy (non-hydrogen) atoms. The lowest BCUT2D eigenvalue weighted by Crippen LogP contribution is -2.48. The van der Waals surface area contributed by atoms with Crippen molar-refractivity contribution >= 4 is 11.9 Å².